The summed E-state index contributed by atoms with van der Waals surface area (Å²) in [7, 11) is -0.127. The summed E-state index contributed by atoms with van der Waals surface area (Å²) >= 11 is 0. The van der Waals surface area contributed by atoms with Crippen molar-refractivity contribution in [3.05, 3.63) is 29.8 Å². The van der Waals surface area contributed by atoms with Gasteiger partial charge in [0, 0.05) is 17.7 Å². The number of nitrogens with zero attached hydrogens (tertiary/aromatic N) is 2. The van der Waals surface area contributed by atoms with Crippen molar-refractivity contribution in [3.63, 3.8) is 0 Å². The molecule has 1 aromatic carbocycles. The number of carbonyl (C=O) groups excluding carboxylic acids is 2. The first-order valence-electron chi connectivity index (χ1n) is 8.96. The van der Waals surface area contributed by atoms with Gasteiger partial charge < -0.3 is 10.0 Å². The van der Waals surface area contributed by atoms with E-state index in [1.54, 1.807) is 48.7 Å². The Balaban J connectivity index is 2.38. The number of benzene rings is 1. The highest BCUT2D eigenvalue weighted by Gasteiger charge is 2.59. The van der Waals surface area contributed by atoms with E-state index in [2.05, 4.69) is 23.7 Å². The number of carbonyl (C=O) groups is 2. The molecule has 0 aliphatic carbocycles. The Hall–Kier alpha value is -2.89. The summed E-state index contributed by atoms with van der Waals surface area (Å²) in [6, 6.07) is 5.10. The fraction of sp³-hybridized carbons (Fsp3) is 0.400. The number of aliphatic hydroxyl groups excluding tert-OH is 1. The lowest BCUT2D eigenvalue weighted by Crippen LogP contribution is -2.76. The number of amides is 2. The van der Waals surface area contributed by atoms with Gasteiger partial charge in [-0.15, -0.1) is 0 Å². The van der Waals surface area contributed by atoms with E-state index in [1.807, 2.05) is 0 Å². The average molecular weight is 433 g/mol. The predicted molar refractivity (Wildman–Crippen MR) is 110 cm³/mol. The summed E-state index contributed by atoms with van der Waals surface area (Å²) in [5, 5.41) is 17.9. The van der Waals surface area contributed by atoms with Crippen molar-refractivity contribution >= 4 is 27.8 Å². The first-order valence-corrected chi connectivity index (χ1v) is 10.8. The Morgan fingerprint density at radius 2 is 1.90 bits per heavy atom. The summed E-state index contributed by atoms with van der Waals surface area (Å²) < 4.78 is 23.8. The van der Waals surface area contributed by atoms with Crippen molar-refractivity contribution in [3.8, 4) is 23.7 Å². The molecule has 160 valence electrons. The third-order valence-electron chi connectivity index (χ3n) is 4.85. The molecular formula is C20H23N3O6S. The first-order chi connectivity index (χ1) is 14.2. The standard InChI is InChI=1S/C20H23N3O6S/c1-22(2)20(13-30(28,29)14-20)18(19(26)21-27)23(15-25)17-10-8-16(9-11-17)7-5-3-4-6-12-24/h8-11,15,18,24,27H,6,12-14H2,1-2H3,(H,21,26). The van der Waals surface area contributed by atoms with E-state index in [0.717, 1.165) is 4.90 Å². The van der Waals surface area contributed by atoms with Crippen LogP contribution >= 0.6 is 0 Å². The van der Waals surface area contributed by atoms with Crippen LogP contribution in [0.4, 0.5) is 5.69 Å². The van der Waals surface area contributed by atoms with Crippen LogP contribution in [0.2, 0.25) is 0 Å². The number of sulfone groups is 1. The van der Waals surface area contributed by atoms with E-state index in [1.165, 1.54) is 0 Å². The largest absolute Gasteiger partial charge is 0.395 e. The van der Waals surface area contributed by atoms with Crippen LogP contribution in [0.1, 0.15) is 12.0 Å². The summed E-state index contributed by atoms with van der Waals surface area (Å²) in [6.45, 7) is -0.0385. The van der Waals surface area contributed by atoms with Crippen molar-refractivity contribution in [2.45, 2.75) is 18.0 Å². The van der Waals surface area contributed by atoms with E-state index < -0.39 is 27.3 Å². The number of rotatable bonds is 7. The van der Waals surface area contributed by atoms with Crippen LogP contribution in [0.3, 0.4) is 0 Å². The Kier molecular flexibility index (Phi) is 7.59. The van der Waals surface area contributed by atoms with Gasteiger partial charge in [-0.3, -0.25) is 19.7 Å². The minimum absolute atomic E-state index is 0.0385. The molecule has 0 radical (unpaired) electrons. The fourth-order valence-electron chi connectivity index (χ4n) is 3.32. The van der Waals surface area contributed by atoms with Gasteiger partial charge in [0.05, 0.1) is 23.7 Å². The van der Waals surface area contributed by atoms with Gasteiger partial charge in [0.25, 0.3) is 5.91 Å². The van der Waals surface area contributed by atoms with Gasteiger partial charge in [-0.25, -0.2) is 13.9 Å². The molecule has 30 heavy (non-hydrogen) atoms. The maximum atomic E-state index is 12.5. The Labute approximate surface area is 175 Å². The molecule has 0 bridgehead atoms. The number of hydrogen-bond acceptors (Lipinski definition) is 7. The van der Waals surface area contributed by atoms with Crippen molar-refractivity contribution < 1.29 is 28.3 Å². The lowest BCUT2D eigenvalue weighted by atomic mass is 9.89. The number of likely N-dealkylation sites (N-methyl/N-ethyl adjacent to an activating group) is 1. The molecule has 1 atom stereocenters. The normalized spacial score (nSPS) is 16.7. The quantitative estimate of drug-likeness (QED) is 0.218. The molecular weight excluding hydrogens is 410 g/mol. The predicted octanol–water partition coefficient (Wildman–Crippen LogP) is -1.01. The molecule has 0 aromatic heterocycles. The molecule has 1 heterocycles. The summed E-state index contributed by atoms with van der Waals surface area (Å²) in [5.41, 5.74) is 1.30. The third-order valence-corrected chi connectivity index (χ3v) is 6.73. The molecule has 1 saturated heterocycles. The second-order valence-electron chi connectivity index (χ2n) is 6.99. The van der Waals surface area contributed by atoms with Crippen molar-refractivity contribution in [1.29, 1.82) is 0 Å². The van der Waals surface area contributed by atoms with Crippen molar-refractivity contribution in [1.82, 2.24) is 10.4 Å². The Morgan fingerprint density at radius 3 is 2.37 bits per heavy atom. The Bertz CT molecular complexity index is 1000. The number of aliphatic hydroxyl groups is 1. The number of nitrogens with one attached hydrogen (secondary N) is 1. The third kappa shape index (κ3) is 4.99. The van der Waals surface area contributed by atoms with Gasteiger partial charge in [0.1, 0.15) is 6.04 Å². The second kappa shape index (κ2) is 9.74. The van der Waals surface area contributed by atoms with E-state index in [9.17, 15) is 23.2 Å². The van der Waals surface area contributed by atoms with E-state index in [-0.39, 0.29) is 18.1 Å². The summed E-state index contributed by atoms with van der Waals surface area (Å²) in [6.07, 6.45) is 0.761. The summed E-state index contributed by atoms with van der Waals surface area (Å²) in [4.78, 5) is 27.1. The van der Waals surface area contributed by atoms with Crippen LogP contribution < -0.4 is 10.4 Å². The van der Waals surface area contributed by atoms with Crippen LogP contribution in [0.25, 0.3) is 0 Å². The molecule has 2 amide bonds. The maximum absolute atomic E-state index is 12.5. The zero-order valence-electron chi connectivity index (χ0n) is 16.6. The molecule has 9 nitrogen and oxygen atoms in total. The fourth-order valence-corrected chi connectivity index (χ4v) is 5.59. The maximum Gasteiger partial charge on any atom is 0.268 e. The van der Waals surface area contributed by atoms with Crippen LogP contribution in [0, 0.1) is 23.7 Å². The topological polar surface area (TPSA) is 127 Å². The van der Waals surface area contributed by atoms with Gasteiger partial charge >= 0.3 is 0 Å². The molecule has 0 spiro atoms. The molecule has 1 aliphatic rings. The number of hydrogen-bond donors (Lipinski definition) is 3. The highest BCUT2D eigenvalue weighted by molar-refractivity contribution is 7.93. The van der Waals surface area contributed by atoms with Gasteiger partial charge in [-0.1, -0.05) is 11.8 Å². The van der Waals surface area contributed by atoms with Crippen LogP contribution in [0.5, 0.6) is 0 Å². The lowest BCUT2D eigenvalue weighted by molar-refractivity contribution is -0.134. The monoisotopic (exact) mass is 433 g/mol. The minimum atomic E-state index is -3.36. The first kappa shape index (κ1) is 23.4. The molecule has 0 saturated carbocycles. The highest BCUT2D eigenvalue weighted by Crippen LogP contribution is 2.36. The zero-order valence-corrected chi connectivity index (χ0v) is 17.4. The van der Waals surface area contributed by atoms with Crippen molar-refractivity contribution in [2.75, 3.05) is 37.1 Å². The molecule has 1 aliphatic heterocycles. The highest BCUT2D eigenvalue weighted by atomic mass is 32.2. The van der Waals surface area contributed by atoms with Gasteiger partial charge in [0.2, 0.25) is 6.41 Å². The van der Waals surface area contributed by atoms with Crippen molar-refractivity contribution in [2.24, 2.45) is 0 Å². The number of hydroxylamine groups is 1. The van der Waals surface area contributed by atoms with Crippen LogP contribution in [-0.4, -0.2) is 79.7 Å². The van der Waals surface area contributed by atoms with Crippen LogP contribution in [0.15, 0.2) is 24.3 Å². The Morgan fingerprint density at radius 1 is 1.27 bits per heavy atom. The molecule has 1 fully saturated rings. The lowest BCUT2D eigenvalue weighted by Gasteiger charge is -2.52. The SMILES string of the molecule is CN(C)C1(C(C(=O)NO)N(C=O)c2ccc(C#CC#CCCO)cc2)CS(=O)(=O)C1. The van der Waals surface area contributed by atoms with Gasteiger partial charge in [-0.2, -0.15) is 0 Å². The van der Waals surface area contributed by atoms with E-state index in [0.29, 0.717) is 24.1 Å². The molecule has 1 aromatic rings. The zero-order chi connectivity index (χ0) is 22.4. The molecule has 2 rings (SSSR count). The molecule has 10 heteroatoms. The number of anilines is 1. The van der Waals surface area contributed by atoms with Crippen LogP contribution in [-0.2, 0) is 19.4 Å². The van der Waals surface area contributed by atoms with E-state index in [4.69, 9.17) is 5.11 Å². The second-order valence-corrected chi connectivity index (χ2v) is 9.06. The van der Waals surface area contributed by atoms with Gasteiger partial charge in [-0.05, 0) is 50.2 Å². The minimum Gasteiger partial charge on any atom is -0.395 e. The molecule has 1 unspecified atom stereocenters. The van der Waals surface area contributed by atoms with Gasteiger partial charge in [0.15, 0.2) is 9.84 Å². The average Bonchev–Trinajstić information content (AvgIpc) is 2.69. The smallest absolute Gasteiger partial charge is 0.268 e. The summed E-state index contributed by atoms with van der Waals surface area (Å²) in [5.74, 6) is 9.18. The molecule has 3 N–H and O–H groups in total. The van der Waals surface area contributed by atoms with E-state index >= 15 is 0 Å².